The third kappa shape index (κ3) is 1.10. The van der Waals surface area contributed by atoms with Crippen LogP contribution in [0.4, 0.5) is 0 Å². The summed E-state index contributed by atoms with van der Waals surface area (Å²) in [7, 11) is 0. The summed E-state index contributed by atoms with van der Waals surface area (Å²) in [6, 6.07) is -0.0785. The molecule has 0 saturated carbocycles. The fourth-order valence-electron chi connectivity index (χ4n) is 0.707. The molecule has 1 amide bonds. The third-order valence-corrected chi connectivity index (χ3v) is 1.54. The van der Waals surface area contributed by atoms with E-state index in [-0.39, 0.29) is 12.1 Å². The normalized spacial score (nSPS) is 33.0. The van der Waals surface area contributed by atoms with E-state index < -0.39 is 11.9 Å². The maximum atomic E-state index is 10.6. The first-order valence-corrected chi connectivity index (χ1v) is 3.12. The molecule has 1 saturated heterocycles. The molecule has 0 bridgehead atoms. The first-order chi connectivity index (χ1) is 4.61. The molecule has 0 unspecified atom stereocenters. The van der Waals surface area contributed by atoms with Crippen LogP contribution >= 0.6 is 0 Å². The predicted octanol–water partition coefficient (Wildman–Crippen LogP) is -0.564. The van der Waals surface area contributed by atoms with E-state index in [1.54, 1.807) is 13.8 Å². The second-order valence-electron chi connectivity index (χ2n) is 2.37. The van der Waals surface area contributed by atoms with Gasteiger partial charge in [0.15, 0.2) is 0 Å². The lowest BCUT2D eigenvalue weighted by Crippen LogP contribution is -2.51. The zero-order chi connectivity index (χ0) is 7.72. The van der Waals surface area contributed by atoms with Gasteiger partial charge in [-0.15, -0.1) is 0 Å². The van der Waals surface area contributed by atoms with Gasteiger partial charge in [-0.1, -0.05) is 0 Å². The van der Waals surface area contributed by atoms with Crippen LogP contribution in [0.2, 0.25) is 0 Å². The van der Waals surface area contributed by atoms with Crippen LogP contribution in [0.25, 0.3) is 0 Å². The van der Waals surface area contributed by atoms with Crippen molar-refractivity contribution in [2.24, 2.45) is 0 Å². The highest BCUT2D eigenvalue weighted by atomic mass is 16.6. The van der Waals surface area contributed by atoms with E-state index in [1.807, 2.05) is 0 Å². The molecule has 4 nitrogen and oxygen atoms in total. The quantitative estimate of drug-likeness (QED) is 0.365. The van der Waals surface area contributed by atoms with Crippen molar-refractivity contribution in [2.45, 2.75) is 26.0 Å². The van der Waals surface area contributed by atoms with Crippen molar-refractivity contribution in [3.63, 3.8) is 0 Å². The lowest BCUT2D eigenvalue weighted by molar-refractivity contribution is -0.165. The Labute approximate surface area is 58.5 Å². The maximum absolute atomic E-state index is 10.6. The average Bonchev–Trinajstić information content (AvgIpc) is 1.84. The molecule has 1 rings (SSSR count). The number of carbonyl (C=O) groups excluding carboxylic acids is 2. The predicted molar refractivity (Wildman–Crippen MR) is 33.2 cm³/mol. The van der Waals surface area contributed by atoms with Crippen LogP contribution in [0.15, 0.2) is 0 Å². The third-order valence-electron chi connectivity index (χ3n) is 1.54. The zero-order valence-corrected chi connectivity index (χ0v) is 5.88. The minimum atomic E-state index is -0.786. The zero-order valence-electron chi connectivity index (χ0n) is 5.88. The number of amides is 1. The molecule has 1 aliphatic heterocycles. The molecule has 0 aliphatic carbocycles. The second kappa shape index (κ2) is 2.28. The van der Waals surface area contributed by atoms with Crippen molar-refractivity contribution in [3.8, 4) is 0 Å². The van der Waals surface area contributed by atoms with Crippen molar-refractivity contribution in [3.05, 3.63) is 0 Å². The number of nitrogens with one attached hydrogen (secondary N) is 1. The summed E-state index contributed by atoms with van der Waals surface area (Å²) in [4.78, 5) is 21.1. The number of hydrogen-bond acceptors (Lipinski definition) is 3. The number of carbonyl (C=O) groups is 2. The van der Waals surface area contributed by atoms with E-state index in [2.05, 4.69) is 10.1 Å². The van der Waals surface area contributed by atoms with Crippen molar-refractivity contribution >= 4 is 11.9 Å². The Hall–Kier alpha value is -1.06. The first kappa shape index (κ1) is 7.05. The SMILES string of the molecule is C[C@H]1NC(=O)C(=O)O[C@@H]1C. The number of cyclic esters (lactones) is 1. The van der Waals surface area contributed by atoms with Crippen molar-refractivity contribution in [1.82, 2.24) is 5.32 Å². The molecule has 0 aromatic heterocycles. The van der Waals surface area contributed by atoms with Crippen LogP contribution in [0.1, 0.15) is 13.8 Å². The van der Waals surface area contributed by atoms with Crippen LogP contribution in [0, 0.1) is 0 Å². The Kier molecular flexibility index (Phi) is 1.61. The largest absolute Gasteiger partial charge is 0.453 e. The second-order valence-corrected chi connectivity index (χ2v) is 2.37. The summed E-state index contributed by atoms with van der Waals surface area (Å²) >= 11 is 0. The Balaban J connectivity index is 2.63. The van der Waals surface area contributed by atoms with E-state index >= 15 is 0 Å². The minimum absolute atomic E-state index is 0.0785. The molecular weight excluding hydrogens is 134 g/mol. The van der Waals surface area contributed by atoms with Gasteiger partial charge in [-0.05, 0) is 13.8 Å². The first-order valence-electron chi connectivity index (χ1n) is 3.12. The molecule has 1 fully saturated rings. The summed E-state index contributed by atoms with van der Waals surface area (Å²) in [5.41, 5.74) is 0. The van der Waals surface area contributed by atoms with Gasteiger partial charge in [0, 0.05) is 0 Å². The Morgan fingerprint density at radius 3 is 2.50 bits per heavy atom. The van der Waals surface area contributed by atoms with E-state index in [9.17, 15) is 9.59 Å². The molecular formula is C6H9NO3. The van der Waals surface area contributed by atoms with Crippen LogP contribution in [0.5, 0.6) is 0 Å². The van der Waals surface area contributed by atoms with E-state index in [4.69, 9.17) is 0 Å². The number of hydrogen-bond donors (Lipinski definition) is 1. The monoisotopic (exact) mass is 143 g/mol. The fourth-order valence-corrected chi connectivity index (χ4v) is 0.707. The number of morpholine rings is 1. The lowest BCUT2D eigenvalue weighted by Gasteiger charge is -2.25. The van der Waals surface area contributed by atoms with Crippen LogP contribution in [-0.2, 0) is 14.3 Å². The molecule has 2 atom stereocenters. The summed E-state index contributed by atoms with van der Waals surface area (Å²) in [5, 5.41) is 2.47. The average molecular weight is 143 g/mol. The van der Waals surface area contributed by atoms with Gasteiger partial charge in [0.25, 0.3) is 0 Å². The molecule has 0 aromatic rings. The van der Waals surface area contributed by atoms with Crippen molar-refractivity contribution in [1.29, 1.82) is 0 Å². The van der Waals surface area contributed by atoms with Crippen LogP contribution in [0.3, 0.4) is 0 Å². The van der Waals surface area contributed by atoms with E-state index in [0.29, 0.717) is 0 Å². The van der Waals surface area contributed by atoms with Crippen molar-refractivity contribution < 1.29 is 14.3 Å². The lowest BCUT2D eigenvalue weighted by atomic mass is 10.2. The molecule has 0 spiro atoms. The molecule has 0 aromatic carbocycles. The molecule has 1 aliphatic rings. The summed E-state index contributed by atoms with van der Waals surface area (Å²) in [6.07, 6.45) is -0.217. The summed E-state index contributed by atoms with van der Waals surface area (Å²) in [5.74, 6) is -1.43. The summed E-state index contributed by atoms with van der Waals surface area (Å²) < 4.78 is 4.66. The topological polar surface area (TPSA) is 55.4 Å². The summed E-state index contributed by atoms with van der Waals surface area (Å²) in [6.45, 7) is 3.52. The fraction of sp³-hybridized carbons (Fsp3) is 0.667. The van der Waals surface area contributed by atoms with Crippen molar-refractivity contribution in [2.75, 3.05) is 0 Å². The smallest absolute Gasteiger partial charge is 0.397 e. The Bertz CT molecular complexity index is 158. The van der Waals surface area contributed by atoms with Gasteiger partial charge in [-0.2, -0.15) is 0 Å². The highest BCUT2D eigenvalue weighted by Crippen LogP contribution is 2.03. The van der Waals surface area contributed by atoms with Gasteiger partial charge < -0.3 is 10.1 Å². The molecule has 1 heterocycles. The van der Waals surface area contributed by atoms with Crippen LogP contribution in [-0.4, -0.2) is 24.0 Å². The van der Waals surface area contributed by atoms with Gasteiger partial charge in [-0.25, -0.2) is 4.79 Å². The van der Waals surface area contributed by atoms with Gasteiger partial charge in [0.2, 0.25) is 0 Å². The van der Waals surface area contributed by atoms with Gasteiger partial charge in [0.05, 0.1) is 6.04 Å². The standard InChI is InChI=1S/C6H9NO3/c1-3-4(2)10-6(9)5(8)7-3/h3-4H,1-2H3,(H,7,8)/t3-,4-/m1/s1. The van der Waals surface area contributed by atoms with E-state index in [1.165, 1.54) is 0 Å². The number of rotatable bonds is 0. The highest BCUT2D eigenvalue weighted by Gasteiger charge is 2.29. The van der Waals surface area contributed by atoms with Gasteiger partial charge in [0.1, 0.15) is 6.10 Å². The molecule has 56 valence electrons. The highest BCUT2D eigenvalue weighted by molar-refractivity contribution is 6.33. The van der Waals surface area contributed by atoms with Gasteiger partial charge in [-0.3, -0.25) is 4.79 Å². The van der Waals surface area contributed by atoms with Gasteiger partial charge >= 0.3 is 11.9 Å². The number of esters is 1. The minimum Gasteiger partial charge on any atom is -0.453 e. The molecule has 1 N–H and O–H groups in total. The van der Waals surface area contributed by atoms with Crippen LogP contribution < -0.4 is 5.32 Å². The molecule has 4 heteroatoms. The Morgan fingerprint density at radius 1 is 1.40 bits per heavy atom. The van der Waals surface area contributed by atoms with E-state index in [0.717, 1.165) is 0 Å². The number of ether oxygens (including phenoxy) is 1. The maximum Gasteiger partial charge on any atom is 0.397 e. The molecule has 10 heavy (non-hydrogen) atoms. The molecule has 0 radical (unpaired) electrons. The Morgan fingerprint density at radius 2 is 2.00 bits per heavy atom.